The molecule has 0 bridgehead atoms. The molecular formula is C21H24. The first kappa shape index (κ1) is 15.4. The molecule has 0 heteroatoms. The Morgan fingerprint density at radius 3 is 2.10 bits per heavy atom. The number of benzene rings is 2. The second-order valence-corrected chi connectivity index (χ2v) is 6.69. The van der Waals surface area contributed by atoms with Crippen LogP contribution in [0.5, 0.6) is 0 Å². The highest BCUT2D eigenvalue weighted by Crippen LogP contribution is 2.21. The lowest BCUT2D eigenvalue weighted by Crippen LogP contribution is -2.10. The largest absolute Gasteiger partial charge is 0.0944 e. The van der Waals surface area contributed by atoms with Crippen molar-refractivity contribution in [2.24, 2.45) is 5.92 Å². The molecule has 0 heterocycles. The van der Waals surface area contributed by atoms with E-state index < -0.39 is 0 Å². The Kier molecular flexibility index (Phi) is 4.86. The Hall–Kier alpha value is -2.00. The Labute approximate surface area is 129 Å². The summed E-state index contributed by atoms with van der Waals surface area (Å²) in [6, 6.07) is 19.2. The summed E-state index contributed by atoms with van der Waals surface area (Å²) < 4.78 is 0. The molecule has 21 heavy (non-hydrogen) atoms. The van der Waals surface area contributed by atoms with Gasteiger partial charge in [0.1, 0.15) is 0 Å². The first-order valence-electron chi connectivity index (χ1n) is 7.61. The van der Waals surface area contributed by atoms with Crippen molar-refractivity contribution < 1.29 is 0 Å². The average molecular weight is 276 g/mol. The molecule has 0 aliphatic heterocycles. The van der Waals surface area contributed by atoms with Crippen LogP contribution in [-0.2, 0) is 11.8 Å². The van der Waals surface area contributed by atoms with E-state index in [9.17, 15) is 0 Å². The quantitative estimate of drug-likeness (QED) is 0.660. The van der Waals surface area contributed by atoms with Crippen LogP contribution in [0.25, 0.3) is 0 Å². The zero-order valence-corrected chi connectivity index (χ0v) is 13.5. The van der Waals surface area contributed by atoms with Gasteiger partial charge in [0.2, 0.25) is 0 Å². The van der Waals surface area contributed by atoms with E-state index in [4.69, 9.17) is 0 Å². The highest BCUT2D eigenvalue weighted by molar-refractivity contribution is 5.38. The van der Waals surface area contributed by atoms with Gasteiger partial charge in [-0.3, -0.25) is 0 Å². The summed E-state index contributed by atoms with van der Waals surface area (Å²) in [4.78, 5) is 0. The SMILES string of the molecule is CC(C#Cc1ccc(C(C)(C)C)cc1)Cc1ccccc1. The lowest BCUT2D eigenvalue weighted by Gasteiger charge is -2.18. The Balaban J connectivity index is 2.02. The molecule has 0 saturated carbocycles. The van der Waals surface area contributed by atoms with Crippen molar-refractivity contribution in [3.8, 4) is 11.8 Å². The van der Waals surface area contributed by atoms with E-state index in [0.717, 1.165) is 12.0 Å². The molecule has 0 fully saturated rings. The molecule has 0 radical (unpaired) electrons. The summed E-state index contributed by atoms with van der Waals surface area (Å²) in [5, 5.41) is 0. The average Bonchev–Trinajstić information content (AvgIpc) is 2.46. The minimum Gasteiger partial charge on any atom is -0.0944 e. The van der Waals surface area contributed by atoms with Crippen LogP contribution in [0.2, 0.25) is 0 Å². The Morgan fingerprint density at radius 1 is 0.905 bits per heavy atom. The van der Waals surface area contributed by atoms with Gasteiger partial charge in [0.25, 0.3) is 0 Å². The molecule has 0 aliphatic rings. The van der Waals surface area contributed by atoms with Crippen LogP contribution >= 0.6 is 0 Å². The highest BCUT2D eigenvalue weighted by atomic mass is 14.2. The van der Waals surface area contributed by atoms with Gasteiger partial charge in [0.05, 0.1) is 0 Å². The first-order chi connectivity index (χ1) is 9.95. The maximum Gasteiger partial charge on any atom is 0.0245 e. The van der Waals surface area contributed by atoms with Crippen molar-refractivity contribution in [3.63, 3.8) is 0 Å². The van der Waals surface area contributed by atoms with E-state index in [2.05, 4.69) is 94.1 Å². The van der Waals surface area contributed by atoms with E-state index in [0.29, 0.717) is 5.92 Å². The van der Waals surface area contributed by atoms with Crippen LogP contribution in [0.4, 0.5) is 0 Å². The van der Waals surface area contributed by atoms with Crippen LogP contribution in [0.15, 0.2) is 54.6 Å². The van der Waals surface area contributed by atoms with Crippen LogP contribution in [0, 0.1) is 17.8 Å². The molecule has 2 aromatic rings. The van der Waals surface area contributed by atoms with E-state index in [1.54, 1.807) is 0 Å². The molecule has 0 N–H and O–H groups in total. The van der Waals surface area contributed by atoms with E-state index in [1.807, 2.05) is 0 Å². The maximum absolute atomic E-state index is 3.36. The van der Waals surface area contributed by atoms with Gasteiger partial charge in [-0.15, -0.1) is 0 Å². The summed E-state index contributed by atoms with van der Waals surface area (Å²) in [7, 11) is 0. The number of rotatable bonds is 2. The van der Waals surface area contributed by atoms with Crippen molar-refractivity contribution in [3.05, 3.63) is 71.3 Å². The van der Waals surface area contributed by atoms with E-state index >= 15 is 0 Å². The molecule has 1 unspecified atom stereocenters. The van der Waals surface area contributed by atoms with Gasteiger partial charge in [0, 0.05) is 11.5 Å². The molecule has 1 atom stereocenters. The topological polar surface area (TPSA) is 0 Å². The monoisotopic (exact) mass is 276 g/mol. The van der Waals surface area contributed by atoms with Gasteiger partial charge in [-0.2, -0.15) is 0 Å². The predicted octanol–water partition coefficient (Wildman–Crippen LogP) is 5.21. The molecule has 2 rings (SSSR count). The molecule has 0 spiro atoms. The smallest absolute Gasteiger partial charge is 0.0245 e. The van der Waals surface area contributed by atoms with Gasteiger partial charge >= 0.3 is 0 Å². The molecule has 2 aromatic carbocycles. The zero-order valence-electron chi connectivity index (χ0n) is 13.5. The molecule has 108 valence electrons. The van der Waals surface area contributed by atoms with Crippen molar-refractivity contribution in [2.75, 3.05) is 0 Å². The predicted molar refractivity (Wildman–Crippen MR) is 91.3 cm³/mol. The lowest BCUT2D eigenvalue weighted by molar-refractivity contribution is 0.590. The third kappa shape index (κ3) is 4.80. The normalized spacial score (nSPS) is 12.4. The fourth-order valence-electron chi connectivity index (χ4n) is 2.28. The molecule has 0 aromatic heterocycles. The van der Waals surface area contributed by atoms with Crippen LogP contribution in [0.3, 0.4) is 0 Å². The second-order valence-electron chi connectivity index (χ2n) is 6.69. The van der Waals surface area contributed by atoms with Crippen molar-refractivity contribution in [1.29, 1.82) is 0 Å². The van der Waals surface area contributed by atoms with Crippen LogP contribution in [-0.4, -0.2) is 0 Å². The van der Waals surface area contributed by atoms with Crippen LogP contribution < -0.4 is 0 Å². The second kappa shape index (κ2) is 6.64. The summed E-state index contributed by atoms with van der Waals surface area (Å²) in [5.74, 6) is 7.02. The Morgan fingerprint density at radius 2 is 1.52 bits per heavy atom. The Bertz CT molecular complexity index is 616. The highest BCUT2D eigenvalue weighted by Gasteiger charge is 2.12. The van der Waals surface area contributed by atoms with Gasteiger partial charge in [-0.1, -0.05) is 82.0 Å². The minimum atomic E-state index is 0.201. The molecular weight excluding hydrogens is 252 g/mol. The first-order valence-corrected chi connectivity index (χ1v) is 7.61. The standard InChI is InChI=1S/C21H24/c1-17(16-19-8-6-5-7-9-19)10-11-18-12-14-20(15-13-18)21(2,3)4/h5-9,12-15,17H,16H2,1-4H3. The summed E-state index contributed by atoms with van der Waals surface area (Å²) >= 11 is 0. The molecule has 0 nitrogen and oxygen atoms in total. The van der Waals surface area contributed by atoms with Gasteiger partial charge in [-0.05, 0) is 35.1 Å². The third-order valence-corrected chi connectivity index (χ3v) is 3.60. The van der Waals surface area contributed by atoms with Crippen molar-refractivity contribution >= 4 is 0 Å². The van der Waals surface area contributed by atoms with Gasteiger partial charge in [0.15, 0.2) is 0 Å². The zero-order chi connectivity index (χ0) is 15.3. The number of hydrogen-bond donors (Lipinski definition) is 0. The summed E-state index contributed by atoms with van der Waals surface area (Å²) in [6.45, 7) is 8.88. The summed E-state index contributed by atoms with van der Waals surface area (Å²) in [5.41, 5.74) is 4.00. The third-order valence-electron chi connectivity index (χ3n) is 3.60. The maximum atomic E-state index is 3.36. The minimum absolute atomic E-state index is 0.201. The van der Waals surface area contributed by atoms with Gasteiger partial charge in [-0.25, -0.2) is 0 Å². The lowest BCUT2D eigenvalue weighted by atomic mass is 9.87. The molecule has 0 aliphatic carbocycles. The fourth-order valence-corrected chi connectivity index (χ4v) is 2.28. The molecule has 0 saturated heterocycles. The fraction of sp³-hybridized carbons (Fsp3) is 0.333. The van der Waals surface area contributed by atoms with Gasteiger partial charge < -0.3 is 0 Å². The van der Waals surface area contributed by atoms with E-state index in [1.165, 1.54) is 11.1 Å². The van der Waals surface area contributed by atoms with Crippen molar-refractivity contribution in [1.82, 2.24) is 0 Å². The molecule has 0 amide bonds. The van der Waals surface area contributed by atoms with E-state index in [-0.39, 0.29) is 5.41 Å². The van der Waals surface area contributed by atoms with Crippen molar-refractivity contribution in [2.45, 2.75) is 39.5 Å². The number of hydrogen-bond acceptors (Lipinski definition) is 0. The van der Waals surface area contributed by atoms with Crippen LogP contribution in [0.1, 0.15) is 44.4 Å². The summed E-state index contributed by atoms with van der Waals surface area (Å²) in [6.07, 6.45) is 1.01.